The molecule has 21 heavy (non-hydrogen) atoms. The molecule has 0 radical (unpaired) electrons. The molecule has 0 aromatic heterocycles. The van der Waals surface area contributed by atoms with Crippen molar-refractivity contribution in [2.45, 2.75) is 31.3 Å². The van der Waals surface area contributed by atoms with Gasteiger partial charge in [0, 0.05) is 5.92 Å². The Balaban J connectivity index is 1.91. The minimum absolute atomic E-state index is 0.0147. The zero-order valence-corrected chi connectivity index (χ0v) is 12.8. The normalized spacial score (nSPS) is 28.0. The van der Waals surface area contributed by atoms with Crippen LogP contribution in [-0.2, 0) is 14.3 Å². The van der Waals surface area contributed by atoms with Crippen LogP contribution in [0.1, 0.15) is 30.7 Å². The third kappa shape index (κ3) is 2.80. The van der Waals surface area contributed by atoms with E-state index in [4.69, 9.17) is 21.1 Å². The first kappa shape index (κ1) is 14.5. The van der Waals surface area contributed by atoms with Gasteiger partial charge in [-0.2, -0.15) is 0 Å². The van der Waals surface area contributed by atoms with E-state index in [1.807, 2.05) is 18.2 Å². The van der Waals surface area contributed by atoms with Gasteiger partial charge < -0.3 is 9.47 Å². The van der Waals surface area contributed by atoms with Crippen molar-refractivity contribution in [2.24, 2.45) is 5.92 Å². The number of carbonyl (C=O) groups is 1. The summed E-state index contributed by atoms with van der Waals surface area (Å²) in [6.45, 7) is 0. The summed E-state index contributed by atoms with van der Waals surface area (Å²) in [5.41, 5.74) is 1.96. The van der Waals surface area contributed by atoms with Gasteiger partial charge in [0.25, 0.3) is 0 Å². The van der Waals surface area contributed by atoms with Crippen LogP contribution in [0, 0.1) is 5.92 Å². The highest BCUT2D eigenvalue weighted by Gasteiger charge is 2.40. The summed E-state index contributed by atoms with van der Waals surface area (Å²) in [6.07, 6.45) is 2.59. The second kappa shape index (κ2) is 6.10. The van der Waals surface area contributed by atoms with Crippen LogP contribution in [0.15, 0.2) is 41.7 Å². The van der Waals surface area contributed by atoms with E-state index >= 15 is 0 Å². The van der Waals surface area contributed by atoms with Gasteiger partial charge in [-0.3, -0.25) is 0 Å². The number of halogens is 1. The number of carbonyl (C=O) groups excluding carboxylic acids is 1. The summed E-state index contributed by atoms with van der Waals surface area (Å²) in [6, 6.07) is 10.3. The van der Waals surface area contributed by atoms with Gasteiger partial charge in [0.2, 0.25) is 0 Å². The number of alkyl halides is 1. The summed E-state index contributed by atoms with van der Waals surface area (Å²) >= 11 is 5.92. The van der Waals surface area contributed by atoms with Crippen molar-refractivity contribution in [2.75, 3.05) is 13.0 Å². The molecule has 112 valence electrons. The van der Waals surface area contributed by atoms with Crippen molar-refractivity contribution < 1.29 is 14.3 Å². The predicted molar refractivity (Wildman–Crippen MR) is 81.2 cm³/mol. The molecule has 1 aliphatic heterocycles. The maximum absolute atomic E-state index is 12.1. The van der Waals surface area contributed by atoms with Crippen LogP contribution in [0.25, 0.3) is 0 Å². The van der Waals surface area contributed by atoms with Gasteiger partial charge >= 0.3 is 5.97 Å². The molecule has 1 saturated heterocycles. The molecule has 0 saturated carbocycles. The number of methoxy groups -OCH3 is 1. The van der Waals surface area contributed by atoms with E-state index in [0.717, 1.165) is 18.6 Å². The second-order valence-electron chi connectivity index (χ2n) is 5.71. The molecule has 3 atom stereocenters. The first-order chi connectivity index (χ1) is 10.2. The summed E-state index contributed by atoms with van der Waals surface area (Å²) in [4.78, 5) is 12.1. The molecule has 0 spiro atoms. The zero-order chi connectivity index (χ0) is 14.8. The van der Waals surface area contributed by atoms with Crippen molar-refractivity contribution in [1.29, 1.82) is 0 Å². The number of ether oxygens (including phenoxy) is 2. The van der Waals surface area contributed by atoms with E-state index in [1.165, 1.54) is 12.7 Å². The Morgan fingerprint density at radius 3 is 2.71 bits per heavy atom. The Morgan fingerprint density at radius 1 is 1.29 bits per heavy atom. The lowest BCUT2D eigenvalue weighted by atomic mass is 9.77. The summed E-state index contributed by atoms with van der Waals surface area (Å²) in [7, 11) is 1.42. The lowest BCUT2D eigenvalue weighted by Gasteiger charge is -2.28. The Kier molecular flexibility index (Phi) is 4.20. The molecule has 3 rings (SSSR count). The summed E-state index contributed by atoms with van der Waals surface area (Å²) < 4.78 is 10.8. The van der Waals surface area contributed by atoms with Gasteiger partial charge in [0.05, 0.1) is 18.6 Å². The van der Waals surface area contributed by atoms with Gasteiger partial charge in [-0.05, 0) is 30.7 Å². The van der Waals surface area contributed by atoms with E-state index in [9.17, 15) is 4.79 Å². The molecule has 0 amide bonds. The smallest absolute Gasteiger partial charge is 0.337 e. The molecule has 1 aromatic carbocycles. The van der Waals surface area contributed by atoms with Crippen LogP contribution in [0.3, 0.4) is 0 Å². The Morgan fingerprint density at radius 2 is 2.05 bits per heavy atom. The van der Waals surface area contributed by atoms with Crippen LogP contribution >= 0.6 is 11.6 Å². The van der Waals surface area contributed by atoms with E-state index < -0.39 is 0 Å². The van der Waals surface area contributed by atoms with Crippen molar-refractivity contribution in [1.82, 2.24) is 0 Å². The molecule has 3 unspecified atom stereocenters. The Hall–Kier alpha value is -1.48. The SMILES string of the molecule is COC(=O)C1=C2OC(CCl)CC2CC(c2ccccc2)C1. The highest BCUT2D eigenvalue weighted by atomic mass is 35.5. The number of rotatable bonds is 3. The standard InChI is InChI=1S/C17H19ClO3/c1-20-17(19)15-9-12(11-5-3-2-4-6-11)7-13-8-14(10-18)21-16(13)15/h2-6,12-14H,7-10H2,1H3. The highest BCUT2D eigenvalue weighted by molar-refractivity contribution is 6.18. The van der Waals surface area contributed by atoms with Crippen molar-refractivity contribution in [3.8, 4) is 0 Å². The zero-order valence-electron chi connectivity index (χ0n) is 12.0. The second-order valence-corrected chi connectivity index (χ2v) is 6.02. The monoisotopic (exact) mass is 306 g/mol. The van der Waals surface area contributed by atoms with Crippen molar-refractivity contribution >= 4 is 17.6 Å². The van der Waals surface area contributed by atoms with E-state index in [0.29, 0.717) is 23.8 Å². The number of allylic oxidation sites excluding steroid dienone is 1. The van der Waals surface area contributed by atoms with Crippen molar-refractivity contribution in [3.63, 3.8) is 0 Å². The van der Waals surface area contributed by atoms with Gasteiger partial charge in [-0.1, -0.05) is 30.3 Å². The molecule has 1 aromatic rings. The molecular weight excluding hydrogens is 288 g/mol. The van der Waals surface area contributed by atoms with E-state index in [2.05, 4.69) is 12.1 Å². The molecule has 3 nitrogen and oxygen atoms in total. The quantitative estimate of drug-likeness (QED) is 0.632. The minimum Gasteiger partial charge on any atom is -0.493 e. The third-order valence-corrected chi connectivity index (χ3v) is 4.75. The van der Waals surface area contributed by atoms with Crippen LogP contribution in [0.2, 0.25) is 0 Å². The number of fused-ring (bicyclic) bond motifs is 1. The molecule has 1 fully saturated rings. The maximum Gasteiger partial charge on any atom is 0.337 e. The predicted octanol–water partition coefficient (Wildman–Crippen LogP) is 3.64. The number of esters is 1. The minimum atomic E-state index is -0.272. The molecule has 0 N–H and O–H groups in total. The molecule has 1 heterocycles. The Bertz CT molecular complexity index is 552. The maximum atomic E-state index is 12.1. The summed E-state index contributed by atoms with van der Waals surface area (Å²) in [5.74, 6) is 1.63. The largest absolute Gasteiger partial charge is 0.493 e. The number of hydrogen-bond acceptors (Lipinski definition) is 3. The lowest BCUT2D eigenvalue weighted by molar-refractivity contribution is -0.136. The van der Waals surface area contributed by atoms with E-state index in [1.54, 1.807) is 0 Å². The first-order valence-electron chi connectivity index (χ1n) is 7.31. The van der Waals surface area contributed by atoms with Gasteiger partial charge in [-0.25, -0.2) is 4.79 Å². The third-order valence-electron chi connectivity index (χ3n) is 4.40. The average Bonchev–Trinajstić information content (AvgIpc) is 2.97. The van der Waals surface area contributed by atoms with Crippen molar-refractivity contribution in [3.05, 3.63) is 47.2 Å². The van der Waals surface area contributed by atoms with Crippen LogP contribution in [-0.4, -0.2) is 25.1 Å². The molecule has 2 aliphatic rings. The molecular formula is C17H19ClO3. The topological polar surface area (TPSA) is 35.5 Å². The van der Waals surface area contributed by atoms with Crippen LogP contribution in [0.5, 0.6) is 0 Å². The molecule has 1 aliphatic carbocycles. The fraction of sp³-hybridized carbons (Fsp3) is 0.471. The molecule has 0 bridgehead atoms. The average molecular weight is 307 g/mol. The highest BCUT2D eigenvalue weighted by Crippen LogP contribution is 2.46. The lowest BCUT2D eigenvalue weighted by Crippen LogP contribution is -2.21. The molecule has 4 heteroatoms. The number of benzene rings is 1. The van der Waals surface area contributed by atoms with Gasteiger partial charge in [-0.15, -0.1) is 11.6 Å². The fourth-order valence-corrected chi connectivity index (χ4v) is 3.61. The van der Waals surface area contributed by atoms with Crippen LogP contribution in [0.4, 0.5) is 0 Å². The Labute approximate surface area is 129 Å². The number of hydrogen-bond donors (Lipinski definition) is 0. The summed E-state index contributed by atoms with van der Waals surface area (Å²) in [5, 5.41) is 0. The fourth-order valence-electron chi connectivity index (χ4n) is 3.42. The van der Waals surface area contributed by atoms with Gasteiger partial charge in [0.15, 0.2) is 0 Å². The van der Waals surface area contributed by atoms with Crippen LogP contribution < -0.4 is 0 Å². The van der Waals surface area contributed by atoms with E-state index in [-0.39, 0.29) is 18.0 Å². The van der Waals surface area contributed by atoms with Gasteiger partial charge in [0.1, 0.15) is 11.9 Å². The first-order valence-corrected chi connectivity index (χ1v) is 7.85.